The number of aliphatic hydroxyl groups excluding tert-OH is 2. The van der Waals surface area contributed by atoms with Crippen molar-refractivity contribution in [2.75, 3.05) is 7.11 Å². The first kappa shape index (κ1) is 13.6. The third-order valence-corrected chi connectivity index (χ3v) is 3.13. The van der Waals surface area contributed by atoms with Crippen molar-refractivity contribution >= 4 is 0 Å². The Bertz CT molecular complexity index is 493. The Balaban J connectivity index is 2.02. The second-order valence-corrected chi connectivity index (χ2v) is 4.45. The van der Waals surface area contributed by atoms with Gasteiger partial charge in [0.25, 0.3) is 0 Å². The van der Waals surface area contributed by atoms with E-state index < -0.39 is 12.2 Å². The SMILES string of the molecule is COc1ccc([C@@H](O)C[C@H](O)c2ccccc2)cc1. The number of methoxy groups -OCH3 is 1. The molecule has 0 fully saturated rings. The lowest BCUT2D eigenvalue weighted by Gasteiger charge is -2.16. The Morgan fingerprint density at radius 2 is 1.37 bits per heavy atom. The van der Waals surface area contributed by atoms with Gasteiger partial charge in [0, 0.05) is 6.42 Å². The van der Waals surface area contributed by atoms with Crippen LogP contribution in [-0.4, -0.2) is 17.3 Å². The van der Waals surface area contributed by atoms with E-state index in [2.05, 4.69) is 0 Å². The molecule has 0 heterocycles. The van der Waals surface area contributed by atoms with Gasteiger partial charge in [-0.3, -0.25) is 0 Å². The molecule has 19 heavy (non-hydrogen) atoms. The molecule has 2 N–H and O–H groups in total. The van der Waals surface area contributed by atoms with E-state index in [1.807, 2.05) is 30.3 Å². The van der Waals surface area contributed by atoms with Crippen LogP contribution in [0.15, 0.2) is 54.6 Å². The molecule has 0 saturated carbocycles. The molecule has 2 rings (SSSR count). The normalized spacial score (nSPS) is 13.8. The number of hydrogen-bond donors (Lipinski definition) is 2. The lowest BCUT2D eigenvalue weighted by atomic mass is 9.99. The van der Waals surface area contributed by atoms with E-state index in [1.165, 1.54) is 0 Å². The fourth-order valence-corrected chi connectivity index (χ4v) is 1.98. The van der Waals surface area contributed by atoms with E-state index in [4.69, 9.17) is 4.74 Å². The summed E-state index contributed by atoms with van der Waals surface area (Å²) in [6.45, 7) is 0. The van der Waals surface area contributed by atoms with Crippen molar-refractivity contribution in [2.24, 2.45) is 0 Å². The van der Waals surface area contributed by atoms with Crippen molar-refractivity contribution in [2.45, 2.75) is 18.6 Å². The van der Waals surface area contributed by atoms with Crippen molar-refractivity contribution in [3.05, 3.63) is 65.7 Å². The monoisotopic (exact) mass is 258 g/mol. The molecular weight excluding hydrogens is 240 g/mol. The predicted molar refractivity (Wildman–Crippen MR) is 74.0 cm³/mol. The highest BCUT2D eigenvalue weighted by Gasteiger charge is 2.15. The van der Waals surface area contributed by atoms with Gasteiger partial charge in [0.2, 0.25) is 0 Å². The molecule has 0 aromatic heterocycles. The van der Waals surface area contributed by atoms with E-state index >= 15 is 0 Å². The van der Waals surface area contributed by atoms with Crippen molar-refractivity contribution in [3.8, 4) is 5.75 Å². The van der Waals surface area contributed by atoms with E-state index in [0.29, 0.717) is 0 Å². The maximum absolute atomic E-state index is 10.1. The van der Waals surface area contributed by atoms with E-state index in [-0.39, 0.29) is 6.42 Å². The molecule has 2 aromatic rings. The van der Waals surface area contributed by atoms with Crippen LogP contribution in [0.4, 0.5) is 0 Å². The molecule has 0 bridgehead atoms. The van der Waals surface area contributed by atoms with Crippen molar-refractivity contribution in [1.82, 2.24) is 0 Å². The van der Waals surface area contributed by atoms with Crippen molar-refractivity contribution in [3.63, 3.8) is 0 Å². The quantitative estimate of drug-likeness (QED) is 0.867. The molecule has 2 atom stereocenters. The second-order valence-electron chi connectivity index (χ2n) is 4.45. The summed E-state index contributed by atoms with van der Waals surface area (Å²) in [6.07, 6.45) is -1.09. The van der Waals surface area contributed by atoms with Gasteiger partial charge in [-0.25, -0.2) is 0 Å². The average molecular weight is 258 g/mol. The molecule has 0 aliphatic rings. The summed E-state index contributed by atoms with van der Waals surface area (Å²) in [4.78, 5) is 0. The molecule has 0 spiro atoms. The zero-order valence-corrected chi connectivity index (χ0v) is 10.9. The molecular formula is C16H18O3. The van der Waals surface area contributed by atoms with Gasteiger partial charge in [-0.1, -0.05) is 42.5 Å². The first-order chi connectivity index (χ1) is 9.20. The lowest BCUT2D eigenvalue weighted by molar-refractivity contribution is 0.0804. The summed E-state index contributed by atoms with van der Waals surface area (Å²) in [5, 5.41) is 20.2. The van der Waals surface area contributed by atoms with Gasteiger partial charge in [-0.15, -0.1) is 0 Å². The van der Waals surface area contributed by atoms with Gasteiger partial charge < -0.3 is 14.9 Å². The van der Waals surface area contributed by atoms with Crippen LogP contribution in [0, 0.1) is 0 Å². The summed E-state index contributed by atoms with van der Waals surface area (Å²) in [5.74, 6) is 0.750. The molecule has 3 nitrogen and oxygen atoms in total. The summed E-state index contributed by atoms with van der Waals surface area (Å²) in [6, 6.07) is 16.6. The lowest BCUT2D eigenvalue weighted by Crippen LogP contribution is -2.05. The van der Waals surface area contributed by atoms with Crippen LogP contribution in [0.25, 0.3) is 0 Å². The number of ether oxygens (including phenoxy) is 1. The predicted octanol–water partition coefficient (Wildman–Crippen LogP) is 2.85. The van der Waals surface area contributed by atoms with Crippen molar-refractivity contribution in [1.29, 1.82) is 0 Å². The number of aliphatic hydroxyl groups is 2. The van der Waals surface area contributed by atoms with Gasteiger partial charge in [0.15, 0.2) is 0 Å². The summed E-state index contributed by atoms with van der Waals surface area (Å²) in [5.41, 5.74) is 1.59. The number of hydrogen-bond acceptors (Lipinski definition) is 3. The Hall–Kier alpha value is -1.84. The fourth-order valence-electron chi connectivity index (χ4n) is 1.98. The average Bonchev–Trinajstić information content (AvgIpc) is 2.48. The standard InChI is InChI=1S/C16H18O3/c1-19-14-9-7-13(8-10-14)16(18)11-15(17)12-5-3-2-4-6-12/h2-10,15-18H,11H2,1H3/t15-,16-/m0/s1. The Morgan fingerprint density at radius 1 is 0.842 bits per heavy atom. The van der Waals surface area contributed by atoms with Gasteiger partial charge in [0.1, 0.15) is 5.75 Å². The molecule has 2 aromatic carbocycles. The molecule has 0 aliphatic carbocycles. The van der Waals surface area contributed by atoms with Gasteiger partial charge in [-0.05, 0) is 23.3 Å². The van der Waals surface area contributed by atoms with E-state index in [1.54, 1.807) is 31.4 Å². The Labute approximate surface area is 113 Å². The fraction of sp³-hybridized carbons (Fsp3) is 0.250. The number of rotatable bonds is 5. The largest absolute Gasteiger partial charge is 0.497 e. The summed E-state index contributed by atoms with van der Waals surface area (Å²) < 4.78 is 5.07. The summed E-state index contributed by atoms with van der Waals surface area (Å²) >= 11 is 0. The molecule has 0 radical (unpaired) electrons. The van der Waals surface area contributed by atoms with Crippen LogP contribution in [0.3, 0.4) is 0 Å². The Morgan fingerprint density at radius 3 is 1.89 bits per heavy atom. The van der Waals surface area contributed by atoms with Crippen molar-refractivity contribution < 1.29 is 14.9 Å². The topological polar surface area (TPSA) is 49.7 Å². The zero-order valence-electron chi connectivity index (χ0n) is 10.9. The van der Waals surface area contributed by atoms with Crippen LogP contribution >= 0.6 is 0 Å². The highest BCUT2D eigenvalue weighted by molar-refractivity contribution is 5.28. The van der Waals surface area contributed by atoms with Crippen LogP contribution in [0.5, 0.6) is 5.75 Å². The molecule has 0 saturated heterocycles. The zero-order chi connectivity index (χ0) is 13.7. The smallest absolute Gasteiger partial charge is 0.118 e. The minimum atomic E-state index is -0.693. The molecule has 3 heteroatoms. The Kier molecular flexibility index (Phi) is 4.55. The van der Waals surface area contributed by atoms with Gasteiger partial charge in [-0.2, -0.15) is 0 Å². The highest BCUT2D eigenvalue weighted by Crippen LogP contribution is 2.27. The summed E-state index contributed by atoms with van der Waals surface area (Å²) in [7, 11) is 1.60. The molecule has 0 aliphatic heterocycles. The maximum atomic E-state index is 10.1. The number of benzene rings is 2. The second kappa shape index (κ2) is 6.36. The van der Waals surface area contributed by atoms with E-state index in [0.717, 1.165) is 16.9 Å². The highest BCUT2D eigenvalue weighted by atomic mass is 16.5. The molecule has 0 unspecified atom stereocenters. The minimum Gasteiger partial charge on any atom is -0.497 e. The van der Waals surface area contributed by atoms with Crippen LogP contribution in [0.1, 0.15) is 29.8 Å². The van der Waals surface area contributed by atoms with Gasteiger partial charge >= 0.3 is 0 Å². The van der Waals surface area contributed by atoms with Crippen LogP contribution in [0.2, 0.25) is 0 Å². The third kappa shape index (κ3) is 3.56. The minimum absolute atomic E-state index is 0.274. The maximum Gasteiger partial charge on any atom is 0.118 e. The van der Waals surface area contributed by atoms with Crippen LogP contribution in [-0.2, 0) is 0 Å². The molecule has 100 valence electrons. The first-order valence-corrected chi connectivity index (χ1v) is 6.25. The van der Waals surface area contributed by atoms with Crippen LogP contribution < -0.4 is 4.74 Å². The molecule has 0 amide bonds. The first-order valence-electron chi connectivity index (χ1n) is 6.25. The van der Waals surface area contributed by atoms with Gasteiger partial charge in [0.05, 0.1) is 19.3 Å². The third-order valence-electron chi connectivity index (χ3n) is 3.13. The van der Waals surface area contributed by atoms with E-state index in [9.17, 15) is 10.2 Å².